The van der Waals surface area contributed by atoms with Crippen molar-refractivity contribution in [2.45, 2.75) is 39.3 Å². The highest BCUT2D eigenvalue weighted by Crippen LogP contribution is 2.16. The largest absolute Gasteiger partial charge is 0.371 e. The van der Waals surface area contributed by atoms with Gasteiger partial charge in [0.15, 0.2) is 0 Å². The molecule has 3 N–H and O–H groups in total. The van der Waals surface area contributed by atoms with Gasteiger partial charge in [-0.15, -0.1) is 6.58 Å². The van der Waals surface area contributed by atoms with Crippen LogP contribution in [0.1, 0.15) is 27.7 Å². The minimum absolute atomic E-state index is 0.129. The molecule has 7 nitrogen and oxygen atoms in total. The molecule has 21 heavy (non-hydrogen) atoms. The summed E-state index contributed by atoms with van der Waals surface area (Å²) in [6.45, 7) is 11.5. The van der Waals surface area contributed by atoms with E-state index in [0.717, 1.165) is 5.69 Å². The molecule has 0 saturated carbocycles. The summed E-state index contributed by atoms with van der Waals surface area (Å²) in [5.74, 6) is -0.417. The molecular weight excluding hydrogens is 270 g/mol. The van der Waals surface area contributed by atoms with Gasteiger partial charge in [0.25, 0.3) is 0 Å². The molecule has 0 saturated heterocycles. The van der Waals surface area contributed by atoms with E-state index in [-0.39, 0.29) is 5.54 Å². The summed E-state index contributed by atoms with van der Waals surface area (Å²) in [7, 11) is 0. The number of aromatic nitrogens is 2. The van der Waals surface area contributed by atoms with E-state index in [9.17, 15) is 9.59 Å². The lowest BCUT2D eigenvalue weighted by Gasteiger charge is -2.19. The first kappa shape index (κ1) is 16.7. The third-order valence-electron chi connectivity index (χ3n) is 2.69. The average Bonchev–Trinajstić information content (AvgIpc) is 2.84. The normalized spacial score (nSPS) is 12.4. The molecule has 7 heteroatoms. The number of hydrogen-bond donors (Lipinski definition) is 3. The SMILES string of the molecule is C=CCNC(=O)NC(=O)C(C)Nc1cnn(C(C)(C)C)c1. The van der Waals surface area contributed by atoms with E-state index >= 15 is 0 Å². The summed E-state index contributed by atoms with van der Waals surface area (Å²) in [6, 6.07) is -1.10. The minimum atomic E-state index is -0.558. The average molecular weight is 293 g/mol. The Labute approximate surface area is 124 Å². The van der Waals surface area contributed by atoms with Gasteiger partial charge in [-0.2, -0.15) is 5.10 Å². The molecule has 0 aromatic carbocycles. The van der Waals surface area contributed by atoms with Gasteiger partial charge in [0.2, 0.25) is 5.91 Å². The van der Waals surface area contributed by atoms with Crippen LogP contribution in [-0.2, 0) is 10.3 Å². The summed E-state index contributed by atoms with van der Waals surface area (Å²) in [5.41, 5.74) is 0.592. The van der Waals surface area contributed by atoms with Crippen LogP contribution in [0, 0.1) is 0 Å². The first-order valence-corrected chi connectivity index (χ1v) is 6.75. The van der Waals surface area contributed by atoms with Gasteiger partial charge in [0, 0.05) is 12.7 Å². The fourth-order valence-corrected chi connectivity index (χ4v) is 1.51. The van der Waals surface area contributed by atoms with Gasteiger partial charge >= 0.3 is 6.03 Å². The monoisotopic (exact) mass is 293 g/mol. The van der Waals surface area contributed by atoms with Crippen LogP contribution < -0.4 is 16.0 Å². The summed E-state index contributed by atoms with van der Waals surface area (Å²) in [6.07, 6.45) is 5.00. The van der Waals surface area contributed by atoms with E-state index in [1.807, 2.05) is 27.0 Å². The second kappa shape index (κ2) is 6.92. The first-order chi connectivity index (χ1) is 9.74. The van der Waals surface area contributed by atoms with Crippen molar-refractivity contribution in [1.29, 1.82) is 0 Å². The molecule has 0 fully saturated rings. The Balaban J connectivity index is 2.54. The molecule has 1 aromatic rings. The fraction of sp³-hybridized carbons (Fsp3) is 0.500. The summed E-state index contributed by atoms with van der Waals surface area (Å²) in [5, 5.41) is 12.0. The van der Waals surface area contributed by atoms with Gasteiger partial charge in [-0.05, 0) is 27.7 Å². The Morgan fingerprint density at radius 3 is 2.67 bits per heavy atom. The maximum Gasteiger partial charge on any atom is 0.321 e. The van der Waals surface area contributed by atoms with Crippen LogP contribution in [0.4, 0.5) is 10.5 Å². The molecule has 0 bridgehead atoms. The van der Waals surface area contributed by atoms with Gasteiger partial charge in [-0.1, -0.05) is 6.08 Å². The van der Waals surface area contributed by atoms with Crippen molar-refractivity contribution in [3.05, 3.63) is 25.0 Å². The van der Waals surface area contributed by atoms with Crippen molar-refractivity contribution in [3.63, 3.8) is 0 Å². The molecule has 1 unspecified atom stereocenters. The predicted octanol–water partition coefficient (Wildman–Crippen LogP) is 1.45. The number of urea groups is 1. The standard InChI is InChI=1S/C14H23N5O2/c1-6-7-15-13(21)18-12(20)10(2)17-11-8-16-19(9-11)14(3,4)5/h6,8-10,17H,1,7H2,2-5H3,(H2,15,18,20,21). The van der Waals surface area contributed by atoms with Crippen molar-refractivity contribution in [2.24, 2.45) is 0 Å². The van der Waals surface area contributed by atoms with E-state index in [2.05, 4.69) is 27.6 Å². The zero-order chi connectivity index (χ0) is 16.0. The molecule has 0 aliphatic rings. The van der Waals surface area contributed by atoms with E-state index in [1.165, 1.54) is 6.08 Å². The number of amides is 3. The third-order valence-corrected chi connectivity index (χ3v) is 2.69. The third kappa shape index (κ3) is 5.29. The highest BCUT2D eigenvalue weighted by atomic mass is 16.2. The molecule has 1 atom stereocenters. The molecule has 3 amide bonds. The highest BCUT2D eigenvalue weighted by Gasteiger charge is 2.18. The molecule has 0 spiro atoms. The van der Waals surface area contributed by atoms with E-state index in [1.54, 1.807) is 17.8 Å². The minimum Gasteiger partial charge on any atom is -0.371 e. The van der Waals surface area contributed by atoms with Crippen molar-refractivity contribution in [2.75, 3.05) is 11.9 Å². The highest BCUT2D eigenvalue weighted by molar-refractivity contribution is 5.97. The van der Waals surface area contributed by atoms with E-state index < -0.39 is 18.0 Å². The lowest BCUT2D eigenvalue weighted by atomic mass is 10.1. The van der Waals surface area contributed by atoms with Crippen LogP contribution in [0.2, 0.25) is 0 Å². The van der Waals surface area contributed by atoms with Crippen molar-refractivity contribution in [1.82, 2.24) is 20.4 Å². The molecule has 0 radical (unpaired) electrons. The van der Waals surface area contributed by atoms with Gasteiger partial charge < -0.3 is 10.6 Å². The number of rotatable bonds is 5. The van der Waals surface area contributed by atoms with Crippen LogP contribution in [0.15, 0.2) is 25.0 Å². The van der Waals surface area contributed by atoms with Crippen molar-refractivity contribution < 1.29 is 9.59 Å². The Hall–Kier alpha value is -2.31. The van der Waals surface area contributed by atoms with E-state index in [0.29, 0.717) is 6.54 Å². The first-order valence-electron chi connectivity index (χ1n) is 6.75. The smallest absolute Gasteiger partial charge is 0.321 e. The number of nitrogens with zero attached hydrogens (tertiary/aromatic N) is 2. The van der Waals surface area contributed by atoms with Gasteiger partial charge in [0.1, 0.15) is 6.04 Å². The number of nitrogens with one attached hydrogen (secondary N) is 3. The number of hydrogen-bond acceptors (Lipinski definition) is 4. The van der Waals surface area contributed by atoms with Crippen LogP contribution in [-0.4, -0.2) is 34.3 Å². The molecule has 116 valence electrons. The van der Waals surface area contributed by atoms with E-state index in [4.69, 9.17) is 0 Å². The molecule has 1 heterocycles. The number of carbonyl (C=O) groups excluding carboxylic acids is 2. The zero-order valence-electron chi connectivity index (χ0n) is 12.9. The maximum atomic E-state index is 11.8. The quantitative estimate of drug-likeness (QED) is 0.717. The van der Waals surface area contributed by atoms with Crippen LogP contribution in [0.25, 0.3) is 0 Å². The Kier molecular flexibility index (Phi) is 5.52. The van der Waals surface area contributed by atoms with Gasteiger partial charge in [0.05, 0.1) is 17.4 Å². The topological polar surface area (TPSA) is 88.1 Å². The number of carbonyl (C=O) groups is 2. The Morgan fingerprint density at radius 2 is 2.14 bits per heavy atom. The maximum absolute atomic E-state index is 11.8. The van der Waals surface area contributed by atoms with Gasteiger partial charge in [-0.3, -0.25) is 14.8 Å². The number of anilines is 1. The lowest BCUT2D eigenvalue weighted by molar-refractivity contribution is -0.120. The predicted molar refractivity (Wildman–Crippen MR) is 82.0 cm³/mol. The lowest BCUT2D eigenvalue weighted by Crippen LogP contribution is -2.45. The molecule has 0 aliphatic carbocycles. The molecule has 1 rings (SSSR count). The second-order valence-corrected chi connectivity index (χ2v) is 5.70. The van der Waals surface area contributed by atoms with Crippen molar-refractivity contribution in [3.8, 4) is 0 Å². The molecule has 0 aliphatic heterocycles. The number of imide groups is 1. The van der Waals surface area contributed by atoms with Crippen molar-refractivity contribution >= 4 is 17.6 Å². The van der Waals surface area contributed by atoms with Gasteiger partial charge in [-0.25, -0.2) is 4.79 Å². The van der Waals surface area contributed by atoms with Crippen LogP contribution in [0.5, 0.6) is 0 Å². The fourth-order valence-electron chi connectivity index (χ4n) is 1.51. The van der Waals surface area contributed by atoms with Crippen LogP contribution in [0.3, 0.4) is 0 Å². The zero-order valence-corrected chi connectivity index (χ0v) is 12.9. The van der Waals surface area contributed by atoms with Crippen LogP contribution >= 0.6 is 0 Å². The second-order valence-electron chi connectivity index (χ2n) is 5.70. The Morgan fingerprint density at radius 1 is 1.48 bits per heavy atom. The molecule has 1 aromatic heterocycles. The Bertz CT molecular complexity index is 516. The summed E-state index contributed by atoms with van der Waals surface area (Å²) < 4.78 is 1.80. The summed E-state index contributed by atoms with van der Waals surface area (Å²) in [4.78, 5) is 23.2. The summed E-state index contributed by atoms with van der Waals surface area (Å²) >= 11 is 0. The molecular formula is C14H23N5O2.